The van der Waals surface area contributed by atoms with Gasteiger partial charge in [0.05, 0.1) is 0 Å². The van der Waals surface area contributed by atoms with Crippen LogP contribution in [-0.4, -0.2) is 27.6 Å². The summed E-state index contributed by atoms with van der Waals surface area (Å²) in [5, 5.41) is 20.2. The van der Waals surface area contributed by atoms with Crippen LogP contribution in [0.3, 0.4) is 0 Å². The fraction of sp³-hybridized carbons (Fsp3) is 0.579. The highest BCUT2D eigenvalue weighted by atomic mass is 16.4. The molecule has 0 spiro atoms. The molecule has 1 atom stereocenters. The first-order valence-corrected chi connectivity index (χ1v) is 8.01. The van der Waals surface area contributed by atoms with E-state index in [1.165, 1.54) is 0 Å². The van der Waals surface area contributed by atoms with Crippen LogP contribution in [-0.2, 0) is 9.59 Å². The summed E-state index contributed by atoms with van der Waals surface area (Å²) in [7, 11) is 0. The van der Waals surface area contributed by atoms with Gasteiger partial charge in [-0.2, -0.15) is 0 Å². The normalized spacial score (nSPS) is 30.0. The van der Waals surface area contributed by atoms with Crippen molar-refractivity contribution in [1.29, 1.82) is 0 Å². The number of carboxylic acid groups (broad SMARTS) is 1. The SMILES string of the molecule is CC1=C(C2(C)CC2)C(=O)CC(C)(C)C1(O)/C=C/C(C)=C\C(=O)O. The molecule has 0 aromatic heterocycles. The van der Waals surface area contributed by atoms with Crippen LogP contribution in [0.1, 0.15) is 53.9 Å². The topological polar surface area (TPSA) is 74.6 Å². The van der Waals surface area contributed by atoms with E-state index < -0.39 is 17.0 Å². The number of aliphatic hydroxyl groups is 1. The fourth-order valence-electron chi connectivity index (χ4n) is 3.60. The molecule has 0 aromatic rings. The Kier molecular flexibility index (Phi) is 4.18. The van der Waals surface area contributed by atoms with E-state index in [-0.39, 0.29) is 17.6 Å². The van der Waals surface area contributed by atoms with Crippen molar-refractivity contribution >= 4 is 11.8 Å². The molecule has 0 bridgehead atoms. The van der Waals surface area contributed by atoms with Gasteiger partial charge in [-0.1, -0.05) is 26.8 Å². The lowest BCUT2D eigenvalue weighted by atomic mass is 9.60. The van der Waals surface area contributed by atoms with Crippen LogP contribution < -0.4 is 0 Å². The summed E-state index contributed by atoms with van der Waals surface area (Å²) in [6.07, 6.45) is 6.62. The van der Waals surface area contributed by atoms with Gasteiger partial charge >= 0.3 is 5.97 Å². The van der Waals surface area contributed by atoms with E-state index >= 15 is 0 Å². The maximum atomic E-state index is 12.6. The van der Waals surface area contributed by atoms with Gasteiger partial charge in [0.25, 0.3) is 0 Å². The van der Waals surface area contributed by atoms with Crippen molar-refractivity contribution in [2.75, 3.05) is 0 Å². The number of hydrogen-bond acceptors (Lipinski definition) is 3. The molecule has 0 amide bonds. The van der Waals surface area contributed by atoms with E-state index in [0.29, 0.717) is 11.1 Å². The number of hydrogen-bond donors (Lipinski definition) is 2. The summed E-state index contributed by atoms with van der Waals surface area (Å²) in [6, 6.07) is 0. The molecule has 4 heteroatoms. The fourth-order valence-corrected chi connectivity index (χ4v) is 3.60. The molecule has 1 unspecified atom stereocenters. The molecule has 23 heavy (non-hydrogen) atoms. The van der Waals surface area contributed by atoms with Crippen LogP contribution in [0.2, 0.25) is 0 Å². The predicted molar refractivity (Wildman–Crippen MR) is 88.9 cm³/mol. The highest BCUT2D eigenvalue weighted by Crippen LogP contribution is 2.58. The number of carbonyl (C=O) groups is 2. The molecule has 2 aliphatic rings. The molecular formula is C19H26O4. The van der Waals surface area contributed by atoms with Crippen molar-refractivity contribution in [3.63, 3.8) is 0 Å². The smallest absolute Gasteiger partial charge is 0.328 e. The second-order valence-corrected chi connectivity index (χ2v) is 7.87. The lowest BCUT2D eigenvalue weighted by Crippen LogP contribution is -2.50. The highest BCUT2D eigenvalue weighted by Gasteiger charge is 2.55. The second-order valence-electron chi connectivity index (χ2n) is 7.87. The van der Waals surface area contributed by atoms with Crippen LogP contribution in [0.15, 0.2) is 34.9 Å². The Labute approximate surface area is 137 Å². The van der Waals surface area contributed by atoms with Gasteiger partial charge in [-0.3, -0.25) is 4.79 Å². The molecule has 4 nitrogen and oxygen atoms in total. The standard InChI is InChI=1S/C19H26O4/c1-12(10-15(21)22)6-7-19(23)13(2)16(18(5)8-9-18)14(20)11-17(19,3)4/h6-7,10,23H,8-9,11H2,1-5H3,(H,21,22)/b7-6+,12-10-. The highest BCUT2D eigenvalue weighted by molar-refractivity contribution is 6.00. The van der Waals surface area contributed by atoms with E-state index in [1.807, 2.05) is 20.8 Å². The molecule has 2 N–H and O–H groups in total. The Morgan fingerprint density at radius 1 is 1.22 bits per heavy atom. The van der Waals surface area contributed by atoms with Gasteiger partial charge in [0.2, 0.25) is 0 Å². The minimum atomic E-state index is -1.25. The van der Waals surface area contributed by atoms with Crippen molar-refractivity contribution in [2.24, 2.45) is 10.8 Å². The lowest BCUT2D eigenvalue weighted by Gasteiger charge is -2.46. The quantitative estimate of drug-likeness (QED) is 0.615. The van der Waals surface area contributed by atoms with E-state index in [2.05, 4.69) is 6.92 Å². The maximum absolute atomic E-state index is 12.6. The van der Waals surface area contributed by atoms with E-state index in [4.69, 9.17) is 5.11 Å². The number of rotatable bonds is 4. The summed E-state index contributed by atoms with van der Waals surface area (Å²) < 4.78 is 0. The molecule has 0 heterocycles. The monoisotopic (exact) mass is 318 g/mol. The Hall–Kier alpha value is -1.68. The van der Waals surface area contributed by atoms with Gasteiger partial charge in [-0.15, -0.1) is 0 Å². The minimum absolute atomic E-state index is 0.106. The molecular weight excluding hydrogens is 292 g/mol. The molecule has 0 aliphatic heterocycles. The summed E-state index contributed by atoms with van der Waals surface area (Å²) in [5.41, 5.74) is 0.0247. The maximum Gasteiger partial charge on any atom is 0.328 e. The molecule has 1 fully saturated rings. The molecule has 0 saturated heterocycles. The molecule has 0 aromatic carbocycles. The summed E-state index contributed by atoms with van der Waals surface area (Å²) in [6.45, 7) is 9.33. The van der Waals surface area contributed by atoms with Crippen molar-refractivity contribution in [2.45, 2.75) is 59.5 Å². The van der Waals surface area contributed by atoms with Crippen LogP contribution in [0, 0.1) is 10.8 Å². The Bertz CT molecular complexity index is 644. The van der Waals surface area contributed by atoms with Crippen LogP contribution >= 0.6 is 0 Å². The van der Waals surface area contributed by atoms with Gasteiger partial charge in [0.15, 0.2) is 5.78 Å². The zero-order chi connectivity index (χ0) is 17.6. The summed E-state index contributed by atoms with van der Waals surface area (Å²) in [4.78, 5) is 23.3. The first-order chi connectivity index (χ1) is 10.4. The Morgan fingerprint density at radius 3 is 2.26 bits per heavy atom. The second kappa shape index (κ2) is 5.45. The van der Waals surface area contributed by atoms with Gasteiger partial charge in [-0.05, 0) is 49.3 Å². The molecule has 2 rings (SSSR count). The molecule has 1 saturated carbocycles. The third-order valence-corrected chi connectivity index (χ3v) is 5.40. The third kappa shape index (κ3) is 3.05. The van der Waals surface area contributed by atoms with Gasteiger partial charge < -0.3 is 10.2 Å². The summed E-state index contributed by atoms with van der Waals surface area (Å²) >= 11 is 0. The average Bonchev–Trinajstić information content (AvgIpc) is 3.11. The summed E-state index contributed by atoms with van der Waals surface area (Å²) in [5.74, 6) is -0.890. The number of allylic oxidation sites excluding steroid dienone is 3. The first-order valence-electron chi connectivity index (χ1n) is 8.01. The van der Waals surface area contributed by atoms with Crippen LogP contribution in [0.25, 0.3) is 0 Å². The minimum Gasteiger partial charge on any atom is -0.478 e. The van der Waals surface area contributed by atoms with Crippen LogP contribution in [0.5, 0.6) is 0 Å². The van der Waals surface area contributed by atoms with Gasteiger partial charge in [0, 0.05) is 23.5 Å². The molecule has 0 radical (unpaired) electrons. The largest absolute Gasteiger partial charge is 0.478 e. The Balaban J connectivity index is 2.51. The van der Waals surface area contributed by atoms with Gasteiger partial charge in [0.1, 0.15) is 5.60 Å². The van der Waals surface area contributed by atoms with Gasteiger partial charge in [-0.25, -0.2) is 4.79 Å². The number of carboxylic acids is 1. The lowest BCUT2D eigenvalue weighted by molar-refractivity contribution is -0.131. The third-order valence-electron chi connectivity index (χ3n) is 5.40. The Morgan fingerprint density at radius 2 is 1.78 bits per heavy atom. The first kappa shape index (κ1) is 17.7. The number of Topliss-reactive ketones (excluding diaryl/α,β-unsaturated/α-hetero) is 1. The number of aliphatic carboxylic acids is 1. The van der Waals surface area contributed by atoms with Crippen molar-refractivity contribution in [3.8, 4) is 0 Å². The van der Waals surface area contributed by atoms with Crippen molar-refractivity contribution in [1.82, 2.24) is 0 Å². The van der Waals surface area contributed by atoms with E-state index in [9.17, 15) is 14.7 Å². The van der Waals surface area contributed by atoms with Crippen LogP contribution in [0.4, 0.5) is 0 Å². The van der Waals surface area contributed by atoms with E-state index in [1.54, 1.807) is 19.1 Å². The molecule has 126 valence electrons. The number of ketones is 1. The number of carbonyl (C=O) groups excluding carboxylic acids is 1. The van der Waals surface area contributed by atoms with E-state index in [0.717, 1.165) is 24.5 Å². The predicted octanol–water partition coefficient (Wildman–Crippen LogP) is 3.42. The zero-order valence-corrected chi connectivity index (χ0v) is 14.6. The molecule has 2 aliphatic carbocycles. The van der Waals surface area contributed by atoms with Crippen molar-refractivity contribution in [3.05, 3.63) is 34.9 Å². The zero-order valence-electron chi connectivity index (χ0n) is 14.6. The average molecular weight is 318 g/mol. The van der Waals surface area contributed by atoms with Crippen molar-refractivity contribution < 1.29 is 19.8 Å².